The predicted molar refractivity (Wildman–Crippen MR) is 48.6 cm³/mol. The van der Waals surface area contributed by atoms with Gasteiger partial charge < -0.3 is 4.74 Å². The summed E-state index contributed by atoms with van der Waals surface area (Å²) in [4.78, 5) is 11.2. The van der Waals surface area contributed by atoms with Crippen molar-refractivity contribution in [3.8, 4) is 0 Å². The van der Waals surface area contributed by atoms with Crippen LogP contribution in [-0.2, 0) is 15.0 Å². The predicted octanol–water partition coefficient (Wildman–Crippen LogP) is -0.453. The first-order valence-corrected chi connectivity index (χ1v) is 4.92. The summed E-state index contributed by atoms with van der Waals surface area (Å²) in [5.41, 5.74) is 0.864. The van der Waals surface area contributed by atoms with Crippen LogP contribution >= 0.6 is 0 Å². The van der Waals surface area contributed by atoms with Crippen LogP contribution in [0.15, 0.2) is 12.3 Å². The molecule has 0 spiro atoms. The molecular formula is C7H8N2O4S. The average Bonchev–Trinajstić information content (AvgIpc) is 2.51. The third kappa shape index (κ3) is 2.43. The molecule has 0 saturated heterocycles. The molecule has 0 aliphatic rings. The van der Waals surface area contributed by atoms with Gasteiger partial charge in [-0.25, -0.2) is 9.48 Å². The minimum Gasteiger partial charge on any atom is -0.461 e. The van der Waals surface area contributed by atoms with Crippen LogP contribution in [0.2, 0.25) is 0 Å². The molecule has 0 saturated carbocycles. The Morgan fingerprint density at radius 1 is 1.71 bits per heavy atom. The maximum atomic E-state index is 11.2. The maximum Gasteiger partial charge on any atom is 0.357 e. The van der Waals surface area contributed by atoms with E-state index in [9.17, 15) is 13.2 Å². The van der Waals surface area contributed by atoms with Crippen LogP contribution in [0.25, 0.3) is 0 Å². The van der Waals surface area contributed by atoms with E-state index >= 15 is 0 Å². The van der Waals surface area contributed by atoms with E-state index in [1.54, 1.807) is 6.92 Å². The van der Waals surface area contributed by atoms with Crippen molar-refractivity contribution in [2.24, 2.45) is 0 Å². The molecule has 0 radical (unpaired) electrons. The highest BCUT2D eigenvalue weighted by Gasteiger charge is 2.11. The molecule has 0 fully saturated rings. The Hall–Kier alpha value is -1.63. The highest BCUT2D eigenvalue weighted by molar-refractivity contribution is 7.71. The smallest absolute Gasteiger partial charge is 0.357 e. The van der Waals surface area contributed by atoms with Gasteiger partial charge in [-0.15, -0.1) is 0 Å². The van der Waals surface area contributed by atoms with Gasteiger partial charge in [-0.2, -0.15) is 13.5 Å². The van der Waals surface area contributed by atoms with E-state index in [1.807, 2.05) is 0 Å². The van der Waals surface area contributed by atoms with Crippen LogP contribution < -0.4 is 0 Å². The van der Waals surface area contributed by atoms with Crippen molar-refractivity contribution in [1.29, 1.82) is 0 Å². The Morgan fingerprint density at radius 3 is 3.00 bits per heavy atom. The number of carbonyl (C=O) groups is 1. The molecule has 1 aromatic heterocycles. The lowest BCUT2D eigenvalue weighted by Gasteiger charge is -1.99. The molecule has 6 nitrogen and oxygen atoms in total. The molecule has 0 bridgehead atoms. The zero-order valence-electron chi connectivity index (χ0n) is 7.37. The summed E-state index contributed by atoms with van der Waals surface area (Å²) < 4.78 is 26.3. The number of aromatic nitrogens is 2. The van der Waals surface area contributed by atoms with Gasteiger partial charge in [0.1, 0.15) is 5.49 Å². The summed E-state index contributed by atoms with van der Waals surface area (Å²) in [7, 11) is -2.41. The molecule has 1 rings (SSSR count). The van der Waals surface area contributed by atoms with Crippen LogP contribution in [-0.4, -0.2) is 36.3 Å². The first kappa shape index (κ1) is 10.5. The fourth-order valence-electron chi connectivity index (χ4n) is 0.846. The molecule has 14 heavy (non-hydrogen) atoms. The van der Waals surface area contributed by atoms with Crippen LogP contribution in [0.1, 0.15) is 17.4 Å². The highest BCUT2D eigenvalue weighted by atomic mass is 32.2. The Bertz CT molecular complexity index is 452. The second kappa shape index (κ2) is 4.56. The van der Waals surface area contributed by atoms with Crippen molar-refractivity contribution >= 4 is 21.8 Å². The van der Waals surface area contributed by atoms with Crippen LogP contribution in [0.3, 0.4) is 0 Å². The molecule has 76 valence electrons. The van der Waals surface area contributed by atoms with Gasteiger partial charge in [0.05, 0.1) is 12.8 Å². The summed E-state index contributed by atoms with van der Waals surface area (Å²) in [5, 5.41) is 3.63. The summed E-state index contributed by atoms with van der Waals surface area (Å²) in [6, 6.07) is 1.38. The van der Waals surface area contributed by atoms with Crippen molar-refractivity contribution in [3.05, 3.63) is 18.0 Å². The number of carbonyl (C=O) groups excluding carboxylic acids is 1. The zero-order chi connectivity index (χ0) is 10.6. The number of esters is 1. The minimum atomic E-state index is -2.41. The van der Waals surface area contributed by atoms with E-state index in [-0.39, 0.29) is 12.3 Å². The fraction of sp³-hybridized carbons (Fsp3) is 0.286. The van der Waals surface area contributed by atoms with Gasteiger partial charge in [0.2, 0.25) is 10.3 Å². The van der Waals surface area contributed by atoms with E-state index < -0.39 is 16.3 Å². The molecule has 1 heterocycles. The second-order valence-corrected chi connectivity index (χ2v) is 2.98. The molecule has 0 atom stereocenters. The number of nitrogens with zero attached hydrogens (tertiary/aromatic N) is 2. The summed E-state index contributed by atoms with van der Waals surface area (Å²) in [6.07, 6.45) is 1.32. The monoisotopic (exact) mass is 216 g/mol. The van der Waals surface area contributed by atoms with E-state index in [2.05, 4.69) is 9.84 Å². The number of rotatable bonds is 3. The third-order valence-corrected chi connectivity index (χ3v) is 1.71. The molecule has 0 N–H and O–H groups in total. The number of hydrogen-bond donors (Lipinski definition) is 0. The fourth-order valence-corrected chi connectivity index (χ4v) is 1.18. The largest absolute Gasteiger partial charge is 0.461 e. The molecule has 0 aliphatic carbocycles. The lowest BCUT2D eigenvalue weighted by atomic mass is 10.4. The number of ether oxygens (including phenoxy) is 1. The summed E-state index contributed by atoms with van der Waals surface area (Å²) >= 11 is 0. The van der Waals surface area contributed by atoms with Crippen molar-refractivity contribution < 1.29 is 17.9 Å². The van der Waals surface area contributed by atoms with Gasteiger partial charge in [0.15, 0.2) is 5.69 Å². The quantitative estimate of drug-likeness (QED) is 0.505. The molecule has 0 unspecified atom stereocenters. The third-order valence-electron chi connectivity index (χ3n) is 1.34. The summed E-state index contributed by atoms with van der Waals surface area (Å²) in [5.74, 6) is -0.605. The van der Waals surface area contributed by atoms with Gasteiger partial charge in [-0.05, 0) is 13.0 Å². The standard InChI is InChI=1S/C7H8N2O4S/c1-2-13-7(10)6-3-4-8-9(6)5-14(11)12/h3-5H,2H2,1H3. The van der Waals surface area contributed by atoms with Gasteiger partial charge in [-0.3, -0.25) is 0 Å². The van der Waals surface area contributed by atoms with E-state index in [0.29, 0.717) is 0 Å². The minimum absolute atomic E-state index is 0.0797. The van der Waals surface area contributed by atoms with Crippen molar-refractivity contribution in [1.82, 2.24) is 9.78 Å². The first-order valence-electron chi connectivity index (χ1n) is 3.79. The molecule has 1 aromatic rings. The van der Waals surface area contributed by atoms with Crippen LogP contribution in [0.4, 0.5) is 0 Å². The highest BCUT2D eigenvalue weighted by Crippen LogP contribution is 1.98. The van der Waals surface area contributed by atoms with Crippen LogP contribution in [0, 0.1) is 0 Å². The average molecular weight is 216 g/mol. The SMILES string of the molecule is CCOC(=O)c1ccnn1C=S(=O)=O. The Labute approximate surface area is 81.6 Å². The second-order valence-electron chi connectivity index (χ2n) is 2.25. The van der Waals surface area contributed by atoms with E-state index in [1.165, 1.54) is 12.3 Å². The Balaban J connectivity index is 3.04. The van der Waals surface area contributed by atoms with E-state index in [4.69, 9.17) is 0 Å². The zero-order valence-corrected chi connectivity index (χ0v) is 8.19. The molecule has 0 aromatic carbocycles. The van der Waals surface area contributed by atoms with E-state index in [0.717, 1.165) is 10.2 Å². The number of hydrogen-bond acceptors (Lipinski definition) is 5. The molecule has 0 amide bonds. The van der Waals surface area contributed by atoms with Gasteiger partial charge in [-0.1, -0.05) is 0 Å². The maximum absolute atomic E-state index is 11.2. The lowest BCUT2D eigenvalue weighted by molar-refractivity contribution is 0.0517. The molecule has 0 aliphatic heterocycles. The first-order chi connectivity index (χ1) is 6.65. The molecular weight excluding hydrogens is 208 g/mol. The van der Waals surface area contributed by atoms with Crippen molar-refractivity contribution in [3.63, 3.8) is 0 Å². The summed E-state index contributed by atoms with van der Waals surface area (Å²) in [6.45, 7) is 1.89. The normalized spacial score (nSPS) is 9.50. The molecule has 7 heteroatoms. The lowest BCUT2D eigenvalue weighted by Crippen LogP contribution is -2.13. The van der Waals surface area contributed by atoms with Gasteiger partial charge >= 0.3 is 5.97 Å². The van der Waals surface area contributed by atoms with Gasteiger partial charge in [0.25, 0.3) is 0 Å². The topological polar surface area (TPSA) is 78.3 Å². The van der Waals surface area contributed by atoms with Crippen molar-refractivity contribution in [2.45, 2.75) is 6.92 Å². The van der Waals surface area contributed by atoms with Crippen LogP contribution in [0.5, 0.6) is 0 Å². The Kier molecular flexibility index (Phi) is 3.41. The van der Waals surface area contributed by atoms with Crippen molar-refractivity contribution in [2.75, 3.05) is 6.61 Å². The van der Waals surface area contributed by atoms with Gasteiger partial charge in [0, 0.05) is 0 Å². The Morgan fingerprint density at radius 2 is 2.43 bits per heavy atom.